The Morgan fingerprint density at radius 2 is 2.33 bits per heavy atom. The van der Waals surface area contributed by atoms with Gasteiger partial charge >= 0.3 is 5.69 Å². The van der Waals surface area contributed by atoms with Crippen molar-refractivity contribution < 1.29 is 9.66 Å². The van der Waals surface area contributed by atoms with Gasteiger partial charge in [-0.1, -0.05) is 6.08 Å². The summed E-state index contributed by atoms with van der Waals surface area (Å²) in [6.45, 7) is 5.39. The number of ether oxygens (including phenoxy) is 1. The quantitative estimate of drug-likeness (QED) is 0.247. The van der Waals surface area contributed by atoms with Crippen molar-refractivity contribution in [2.45, 2.75) is 19.8 Å². The zero-order valence-electron chi connectivity index (χ0n) is 10.0. The number of aromatic nitrogens is 2. The molecule has 0 aliphatic heterocycles. The first-order valence-electron chi connectivity index (χ1n) is 5.33. The summed E-state index contributed by atoms with van der Waals surface area (Å²) in [6, 6.07) is 0. The van der Waals surface area contributed by atoms with Gasteiger partial charge in [-0.05, 0) is 19.8 Å². The van der Waals surface area contributed by atoms with Crippen molar-refractivity contribution in [3.05, 3.63) is 28.5 Å². The molecule has 18 heavy (non-hydrogen) atoms. The third-order valence-electron chi connectivity index (χ3n) is 2.13. The van der Waals surface area contributed by atoms with E-state index >= 15 is 0 Å². The van der Waals surface area contributed by atoms with Gasteiger partial charge in [0.05, 0.1) is 11.5 Å². The van der Waals surface area contributed by atoms with E-state index in [9.17, 15) is 10.1 Å². The first-order chi connectivity index (χ1) is 8.60. The average Bonchev–Trinajstić information content (AvgIpc) is 2.33. The standard InChI is InChI=1S/C10H15N5O3/c1-3-4-5-6-18-9-8(15(16)17)7(2)12-10(13-9)14-11/h3H,1,4-6,11H2,2H3,(H,12,13,14). The Labute approximate surface area is 104 Å². The molecule has 0 atom stereocenters. The monoisotopic (exact) mass is 253 g/mol. The zero-order valence-corrected chi connectivity index (χ0v) is 10.0. The maximum Gasteiger partial charge on any atom is 0.352 e. The van der Waals surface area contributed by atoms with Crippen LogP contribution in [-0.2, 0) is 0 Å². The fourth-order valence-corrected chi connectivity index (χ4v) is 1.31. The van der Waals surface area contributed by atoms with Gasteiger partial charge in [0, 0.05) is 0 Å². The Balaban J connectivity index is 2.94. The SMILES string of the molecule is C=CCCCOc1nc(NN)nc(C)c1[N+](=O)[O-]. The van der Waals surface area contributed by atoms with Crippen LogP contribution in [0.3, 0.4) is 0 Å². The number of nitro groups is 1. The third-order valence-corrected chi connectivity index (χ3v) is 2.13. The topological polar surface area (TPSA) is 116 Å². The molecule has 8 nitrogen and oxygen atoms in total. The van der Waals surface area contributed by atoms with Crippen LogP contribution >= 0.6 is 0 Å². The molecule has 0 spiro atoms. The second-order valence-corrected chi connectivity index (χ2v) is 3.47. The lowest BCUT2D eigenvalue weighted by molar-refractivity contribution is -0.387. The highest BCUT2D eigenvalue weighted by Crippen LogP contribution is 2.28. The van der Waals surface area contributed by atoms with Crippen LogP contribution in [-0.4, -0.2) is 21.5 Å². The Bertz CT molecular complexity index is 449. The van der Waals surface area contributed by atoms with Crippen LogP contribution in [0.15, 0.2) is 12.7 Å². The predicted octanol–water partition coefficient (Wildman–Crippen LogP) is 1.32. The smallest absolute Gasteiger partial charge is 0.352 e. The van der Waals surface area contributed by atoms with E-state index in [1.165, 1.54) is 6.92 Å². The lowest BCUT2D eigenvalue weighted by atomic mass is 10.3. The number of nitrogens with one attached hydrogen (secondary N) is 1. The lowest BCUT2D eigenvalue weighted by Gasteiger charge is -2.08. The molecule has 0 aliphatic rings. The van der Waals surface area contributed by atoms with Crippen LogP contribution in [0.25, 0.3) is 0 Å². The molecule has 0 amide bonds. The fourth-order valence-electron chi connectivity index (χ4n) is 1.31. The minimum absolute atomic E-state index is 0.0792. The largest absolute Gasteiger partial charge is 0.473 e. The van der Waals surface area contributed by atoms with Crippen LogP contribution in [0.2, 0.25) is 0 Å². The van der Waals surface area contributed by atoms with Crippen molar-refractivity contribution in [3.63, 3.8) is 0 Å². The molecule has 1 aromatic rings. The molecular formula is C10H15N5O3. The van der Waals surface area contributed by atoms with E-state index in [0.717, 1.165) is 6.42 Å². The Morgan fingerprint density at radius 3 is 2.89 bits per heavy atom. The van der Waals surface area contributed by atoms with Crippen molar-refractivity contribution >= 4 is 11.6 Å². The molecule has 98 valence electrons. The second-order valence-electron chi connectivity index (χ2n) is 3.47. The van der Waals surface area contributed by atoms with Crippen LogP contribution in [0, 0.1) is 17.0 Å². The van der Waals surface area contributed by atoms with Crippen molar-refractivity contribution in [2.24, 2.45) is 5.84 Å². The van der Waals surface area contributed by atoms with Gasteiger partial charge in [-0.3, -0.25) is 15.5 Å². The number of rotatable bonds is 7. The summed E-state index contributed by atoms with van der Waals surface area (Å²) in [4.78, 5) is 18.0. The van der Waals surface area contributed by atoms with E-state index in [1.807, 2.05) is 0 Å². The highest BCUT2D eigenvalue weighted by atomic mass is 16.6. The predicted molar refractivity (Wildman–Crippen MR) is 66.2 cm³/mol. The van der Waals surface area contributed by atoms with Crippen molar-refractivity contribution in [1.82, 2.24) is 9.97 Å². The average molecular weight is 253 g/mol. The van der Waals surface area contributed by atoms with Crippen LogP contribution in [0.1, 0.15) is 18.5 Å². The van der Waals surface area contributed by atoms with E-state index < -0.39 is 4.92 Å². The minimum atomic E-state index is -0.571. The first kappa shape index (κ1) is 13.8. The van der Waals surface area contributed by atoms with E-state index in [2.05, 4.69) is 22.0 Å². The summed E-state index contributed by atoms with van der Waals surface area (Å²) in [5, 5.41) is 10.9. The van der Waals surface area contributed by atoms with Gasteiger partial charge in [0.25, 0.3) is 5.88 Å². The second kappa shape index (κ2) is 6.50. The number of allylic oxidation sites excluding steroid dienone is 1. The number of hydrogen-bond acceptors (Lipinski definition) is 7. The van der Waals surface area contributed by atoms with Crippen molar-refractivity contribution in [2.75, 3.05) is 12.0 Å². The van der Waals surface area contributed by atoms with E-state index in [1.54, 1.807) is 6.08 Å². The van der Waals surface area contributed by atoms with Crippen molar-refractivity contribution in [1.29, 1.82) is 0 Å². The van der Waals surface area contributed by atoms with E-state index in [-0.39, 0.29) is 23.2 Å². The van der Waals surface area contributed by atoms with E-state index in [4.69, 9.17) is 10.6 Å². The number of nitrogen functional groups attached to an aromatic ring is 1. The maximum atomic E-state index is 10.9. The summed E-state index contributed by atoms with van der Waals surface area (Å²) >= 11 is 0. The lowest BCUT2D eigenvalue weighted by Crippen LogP contribution is -2.13. The summed E-state index contributed by atoms with van der Waals surface area (Å²) in [5.74, 6) is 5.18. The summed E-state index contributed by atoms with van der Waals surface area (Å²) in [5.41, 5.74) is 2.19. The molecule has 1 aromatic heterocycles. The number of anilines is 1. The summed E-state index contributed by atoms with van der Waals surface area (Å²) < 4.78 is 5.29. The molecule has 3 N–H and O–H groups in total. The number of hydrazine groups is 1. The molecule has 0 saturated heterocycles. The highest BCUT2D eigenvalue weighted by Gasteiger charge is 2.23. The number of aryl methyl sites for hydroxylation is 1. The molecule has 0 fully saturated rings. The molecule has 1 heterocycles. The van der Waals surface area contributed by atoms with Gasteiger partial charge in [-0.15, -0.1) is 6.58 Å². The molecular weight excluding hydrogens is 238 g/mol. The highest BCUT2D eigenvalue weighted by molar-refractivity contribution is 5.48. The van der Waals surface area contributed by atoms with Gasteiger partial charge in [0.15, 0.2) is 0 Å². The summed E-state index contributed by atoms with van der Waals surface area (Å²) in [6.07, 6.45) is 3.21. The molecule has 0 aliphatic carbocycles. The molecule has 0 unspecified atom stereocenters. The van der Waals surface area contributed by atoms with Gasteiger partial charge < -0.3 is 4.74 Å². The maximum absolute atomic E-state index is 10.9. The number of nitrogens with two attached hydrogens (primary N) is 1. The van der Waals surface area contributed by atoms with Crippen LogP contribution in [0.5, 0.6) is 5.88 Å². The number of hydrogen-bond donors (Lipinski definition) is 2. The number of nitrogens with zero attached hydrogens (tertiary/aromatic N) is 3. The van der Waals surface area contributed by atoms with Gasteiger partial charge in [0.2, 0.25) is 5.95 Å². The molecule has 0 aromatic carbocycles. The van der Waals surface area contributed by atoms with Crippen molar-refractivity contribution in [3.8, 4) is 5.88 Å². The molecule has 0 radical (unpaired) electrons. The normalized spacial score (nSPS) is 9.89. The van der Waals surface area contributed by atoms with Gasteiger partial charge in [-0.2, -0.15) is 4.98 Å². The number of unbranched alkanes of at least 4 members (excludes halogenated alkanes) is 1. The third kappa shape index (κ3) is 3.39. The minimum Gasteiger partial charge on any atom is -0.473 e. The van der Waals surface area contributed by atoms with Crippen LogP contribution in [0.4, 0.5) is 11.6 Å². The fraction of sp³-hybridized carbons (Fsp3) is 0.400. The van der Waals surface area contributed by atoms with Crippen LogP contribution < -0.4 is 16.0 Å². The molecule has 0 bridgehead atoms. The molecule has 8 heteroatoms. The molecule has 0 saturated carbocycles. The summed E-state index contributed by atoms with van der Waals surface area (Å²) in [7, 11) is 0. The zero-order chi connectivity index (χ0) is 13.5. The van der Waals surface area contributed by atoms with Gasteiger partial charge in [0.1, 0.15) is 5.69 Å². The Hall–Kier alpha value is -2.22. The first-order valence-corrected chi connectivity index (χ1v) is 5.33. The Morgan fingerprint density at radius 1 is 1.61 bits per heavy atom. The molecule has 1 rings (SSSR count). The van der Waals surface area contributed by atoms with E-state index in [0.29, 0.717) is 13.0 Å². The Kier molecular flexibility index (Phi) is 5.00. The van der Waals surface area contributed by atoms with Gasteiger partial charge in [-0.25, -0.2) is 10.8 Å².